The predicted molar refractivity (Wildman–Crippen MR) is 137 cm³/mol. The standard InChI is InChI=1S/C29H38N2O4/c1-22-9-12-24(13-10-22)26(32)7-3-2-4-8-29(33)30-25(21-31-15-5-6-16-31)19-23-11-14-27-28(20-23)35-18-17-34-27/h9-14,20,25H,2-8,15-19,21H2,1H3,(H,30,33). The average molecular weight is 479 g/mol. The highest BCUT2D eigenvalue weighted by molar-refractivity contribution is 5.96. The smallest absolute Gasteiger partial charge is 0.220 e. The summed E-state index contributed by atoms with van der Waals surface area (Å²) in [7, 11) is 0. The van der Waals surface area contributed by atoms with Gasteiger partial charge in [-0.1, -0.05) is 42.3 Å². The van der Waals surface area contributed by atoms with Crippen molar-refractivity contribution in [2.24, 2.45) is 0 Å². The molecule has 0 radical (unpaired) electrons. The Morgan fingerprint density at radius 3 is 2.40 bits per heavy atom. The Balaban J connectivity index is 1.22. The third-order valence-electron chi connectivity index (χ3n) is 6.81. The van der Waals surface area contributed by atoms with E-state index in [1.807, 2.05) is 43.3 Å². The minimum atomic E-state index is 0.0614. The first-order chi connectivity index (χ1) is 17.1. The van der Waals surface area contributed by atoms with Gasteiger partial charge in [-0.2, -0.15) is 0 Å². The highest BCUT2D eigenvalue weighted by Crippen LogP contribution is 2.31. The lowest BCUT2D eigenvalue weighted by Crippen LogP contribution is -2.44. The molecule has 1 fully saturated rings. The molecule has 6 heteroatoms. The van der Waals surface area contributed by atoms with Gasteiger partial charge in [0.1, 0.15) is 13.2 Å². The number of carbonyl (C=O) groups excluding carboxylic acids is 2. The molecule has 0 spiro atoms. The van der Waals surface area contributed by atoms with Crippen LogP contribution in [0.1, 0.15) is 66.4 Å². The Morgan fingerprint density at radius 2 is 1.63 bits per heavy atom. The second-order valence-corrected chi connectivity index (χ2v) is 9.80. The molecule has 2 aliphatic rings. The Bertz CT molecular complexity index is 983. The molecule has 1 amide bonds. The van der Waals surface area contributed by atoms with Crippen LogP contribution in [0.15, 0.2) is 42.5 Å². The van der Waals surface area contributed by atoms with Gasteiger partial charge in [0.2, 0.25) is 5.91 Å². The van der Waals surface area contributed by atoms with E-state index >= 15 is 0 Å². The van der Waals surface area contributed by atoms with Crippen LogP contribution < -0.4 is 14.8 Å². The lowest BCUT2D eigenvalue weighted by atomic mass is 10.0. The Morgan fingerprint density at radius 1 is 0.914 bits per heavy atom. The van der Waals surface area contributed by atoms with E-state index in [0.29, 0.717) is 26.1 Å². The van der Waals surface area contributed by atoms with Gasteiger partial charge in [-0.05, 0) is 69.8 Å². The van der Waals surface area contributed by atoms with Crippen LogP contribution in [0.25, 0.3) is 0 Å². The van der Waals surface area contributed by atoms with Crippen LogP contribution in [0, 0.1) is 6.92 Å². The number of ketones is 1. The number of likely N-dealkylation sites (tertiary alicyclic amines) is 1. The zero-order chi connectivity index (χ0) is 24.5. The van der Waals surface area contributed by atoms with E-state index in [2.05, 4.69) is 16.3 Å². The first kappa shape index (κ1) is 25.2. The molecule has 0 aliphatic carbocycles. The minimum absolute atomic E-state index is 0.0614. The largest absolute Gasteiger partial charge is 0.486 e. The van der Waals surface area contributed by atoms with Crippen LogP contribution in [0.5, 0.6) is 11.5 Å². The molecule has 0 aromatic heterocycles. The van der Waals surface area contributed by atoms with Gasteiger partial charge in [-0.3, -0.25) is 9.59 Å². The van der Waals surface area contributed by atoms with Crippen molar-refractivity contribution >= 4 is 11.7 Å². The van der Waals surface area contributed by atoms with Gasteiger partial charge in [-0.15, -0.1) is 0 Å². The molecule has 1 saturated heterocycles. The number of nitrogens with one attached hydrogen (secondary N) is 1. The highest BCUT2D eigenvalue weighted by Gasteiger charge is 2.21. The van der Waals surface area contributed by atoms with Crippen LogP contribution in [0.3, 0.4) is 0 Å². The number of ether oxygens (including phenoxy) is 2. The maximum Gasteiger partial charge on any atom is 0.220 e. The van der Waals surface area contributed by atoms with Gasteiger partial charge >= 0.3 is 0 Å². The predicted octanol–water partition coefficient (Wildman–Crippen LogP) is 4.72. The van der Waals surface area contributed by atoms with E-state index < -0.39 is 0 Å². The van der Waals surface area contributed by atoms with Crippen molar-refractivity contribution in [3.8, 4) is 11.5 Å². The van der Waals surface area contributed by atoms with Crippen molar-refractivity contribution in [3.05, 3.63) is 59.2 Å². The number of aryl methyl sites for hydroxylation is 1. The molecule has 6 nitrogen and oxygen atoms in total. The van der Waals surface area contributed by atoms with E-state index in [0.717, 1.165) is 73.5 Å². The molecule has 188 valence electrons. The van der Waals surface area contributed by atoms with E-state index in [9.17, 15) is 9.59 Å². The number of hydrogen-bond donors (Lipinski definition) is 1. The first-order valence-corrected chi connectivity index (χ1v) is 13.1. The third kappa shape index (κ3) is 7.82. The van der Waals surface area contributed by atoms with E-state index in [4.69, 9.17) is 9.47 Å². The van der Waals surface area contributed by atoms with Gasteiger partial charge in [0.05, 0.1) is 0 Å². The van der Waals surface area contributed by atoms with Crippen molar-refractivity contribution in [1.29, 1.82) is 0 Å². The van der Waals surface area contributed by atoms with Gasteiger partial charge in [-0.25, -0.2) is 0 Å². The molecule has 4 rings (SSSR count). The summed E-state index contributed by atoms with van der Waals surface area (Å²) in [5.41, 5.74) is 3.08. The van der Waals surface area contributed by atoms with Gasteiger partial charge in [0, 0.05) is 31.0 Å². The second kappa shape index (κ2) is 12.7. The first-order valence-electron chi connectivity index (χ1n) is 13.1. The van der Waals surface area contributed by atoms with E-state index in [1.54, 1.807) is 0 Å². The molecule has 2 heterocycles. The Kier molecular flexibility index (Phi) is 9.18. The normalized spacial score (nSPS) is 16.1. The van der Waals surface area contributed by atoms with Crippen LogP contribution in [-0.4, -0.2) is 55.5 Å². The topological polar surface area (TPSA) is 67.9 Å². The van der Waals surface area contributed by atoms with Crippen molar-refractivity contribution in [3.63, 3.8) is 0 Å². The zero-order valence-corrected chi connectivity index (χ0v) is 20.9. The average Bonchev–Trinajstić information content (AvgIpc) is 3.37. The summed E-state index contributed by atoms with van der Waals surface area (Å²) < 4.78 is 11.4. The minimum Gasteiger partial charge on any atom is -0.486 e. The summed E-state index contributed by atoms with van der Waals surface area (Å²) in [4.78, 5) is 27.5. The van der Waals surface area contributed by atoms with Crippen LogP contribution in [0.2, 0.25) is 0 Å². The number of Topliss-reactive ketones (excluding diaryl/α,β-unsaturated/α-hetero) is 1. The molecule has 1 N–H and O–H groups in total. The summed E-state index contributed by atoms with van der Waals surface area (Å²) in [5, 5.41) is 3.28. The third-order valence-corrected chi connectivity index (χ3v) is 6.81. The number of benzene rings is 2. The van der Waals surface area contributed by atoms with Crippen LogP contribution in [0.4, 0.5) is 0 Å². The lowest BCUT2D eigenvalue weighted by molar-refractivity contribution is -0.122. The highest BCUT2D eigenvalue weighted by atomic mass is 16.6. The molecule has 1 atom stereocenters. The molecular formula is C29H38N2O4. The maximum atomic E-state index is 12.8. The second-order valence-electron chi connectivity index (χ2n) is 9.80. The summed E-state index contributed by atoms with van der Waals surface area (Å²) in [6.45, 7) is 6.24. The van der Waals surface area contributed by atoms with Crippen LogP contribution >= 0.6 is 0 Å². The maximum absolute atomic E-state index is 12.8. The van der Waals surface area contributed by atoms with Gasteiger partial charge < -0.3 is 19.7 Å². The number of carbonyl (C=O) groups is 2. The van der Waals surface area contributed by atoms with E-state index in [1.165, 1.54) is 12.8 Å². The molecule has 2 aliphatic heterocycles. The van der Waals surface area contributed by atoms with Crippen molar-refractivity contribution in [2.75, 3.05) is 32.8 Å². The van der Waals surface area contributed by atoms with Crippen molar-refractivity contribution < 1.29 is 19.1 Å². The number of hydrogen-bond acceptors (Lipinski definition) is 5. The number of unbranched alkanes of at least 4 members (excludes halogenated alkanes) is 2. The number of fused-ring (bicyclic) bond motifs is 1. The zero-order valence-electron chi connectivity index (χ0n) is 20.9. The summed E-state index contributed by atoms with van der Waals surface area (Å²) in [5.74, 6) is 1.86. The van der Waals surface area contributed by atoms with Crippen LogP contribution in [-0.2, 0) is 11.2 Å². The van der Waals surface area contributed by atoms with Crippen molar-refractivity contribution in [2.45, 2.75) is 64.3 Å². The summed E-state index contributed by atoms with van der Waals surface area (Å²) >= 11 is 0. The number of nitrogens with zero attached hydrogens (tertiary/aromatic N) is 1. The molecule has 0 bridgehead atoms. The molecule has 2 aromatic rings. The monoisotopic (exact) mass is 478 g/mol. The number of rotatable bonds is 12. The molecule has 0 saturated carbocycles. The molecule has 2 aromatic carbocycles. The Hall–Kier alpha value is -2.86. The quantitative estimate of drug-likeness (QED) is 0.353. The Labute approximate surface area is 209 Å². The molecular weight excluding hydrogens is 440 g/mol. The number of amides is 1. The summed E-state index contributed by atoms with van der Waals surface area (Å²) in [6.07, 6.45) is 6.75. The fourth-order valence-corrected chi connectivity index (χ4v) is 4.87. The fraction of sp³-hybridized carbons (Fsp3) is 0.517. The lowest BCUT2D eigenvalue weighted by Gasteiger charge is -2.25. The summed E-state index contributed by atoms with van der Waals surface area (Å²) in [6, 6.07) is 13.9. The fourth-order valence-electron chi connectivity index (χ4n) is 4.87. The molecule has 35 heavy (non-hydrogen) atoms. The van der Waals surface area contributed by atoms with E-state index in [-0.39, 0.29) is 17.7 Å². The van der Waals surface area contributed by atoms with Crippen molar-refractivity contribution in [1.82, 2.24) is 10.2 Å². The SMILES string of the molecule is Cc1ccc(C(=O)CCCCCC(=O)NC(Cc2ccc3c(c2)OCCO3)CN2CCCC2)cc1. The molecule has 1 unspecified atom stereocenters. The van der Waals surface area contributed by atoms with Gasteiger partial charge in [0.15, 0.2) is 17.3 Å². The van der Waals surface area contributed by atoms with Gasteiger partial charge in [0.25, 0.3) is 0 Å².